The van der Waals surface area contributed by atoms with E-state index in [4.69, 9.17) is 4.74 Å². The van der Waals surface area contributed by atoms with Gasteiger partial charge in [-0.25, -0.2) is 0 Å². The third kappa shape index (κ3) is 6.09. The van der Waals surface area contributed by atoms with E-state index in [9.17, 15) is 4.79 Å². The molecule has 2 aromatic rings. The van der Waals surface area contributed by atoms with Crippen molar-refractivity contribution in [2.45, 2.75) is 30.9 Å². The Labute approximate surface area is 172 Å². The van der Waals surface area contributed by atoms with Crippen LogP contribution >= 0.6 is 11.8 Å². The van der Waals surface area contributed by atoms with Gasteiger partial charge in [0.2, 0.25) is 5.91 Å². The molecule has 0 unspecified atom stereocenters. The minimum atomic E-state index is -0.0805. The maximum absolute atomic E-state index is 12.7. The van der Waals surface area contributed by atoms with Gasteiger partial charge in [0, 0.05) is 25.4 Å². The predicted molar refractivity (Wildman–Crippen MR) is 117 cm³/mol. The van der Waals surface area contributed by atoms with Gasteiger partial charge in [0.25, 0.3) is 0 Å². The topological polar surface area (TPSA) is 41.6 Å². The summed E-state index contributed by atoms with van der Waals surface area (Å²) in [6.07, 6.45) is 0. The molecule has 0 saturated carbocycles. The molecule has 1 amide bonds. The van der Waals surface area contributed by atoms with Gasteiger partial charge >= 0.3 is 0 Å². The molecular formula is C23H30N2O2S. The van der Waals surface area contributed by atoms with Gasteiger partial charge in [-0.15, -0.1) is 11.8 Å². The van der Waals surface area contributed by atoms with E-state index in [-0.39, 0.29) is 17.2 Å². The summed E-state index contributed by atoms with van der Waals surface area (Å²) in [6.45, 7) is 8.01. The third-order valence-electron chi connectivity index (χ3n) is 5.10. The lowest BCUT2D eigenvalue weighted by molar-refractivity contribution is -0.120. The van der Waals surface area contributed by atoms with Crippen molar-refractivity contribution in [1.29, 1.82) is 0 Å². The fraction of sp³-hybridized carbons (Fsp3) is 0.435. The number of amides is 1. The SMILES string of the molecule is Cc1cccc([C@@H](CNC(=O)[C@H](C)SCc2ccccc2)N2CCOCC2)c1. The number of nitrogens with one attached hydrogen (secondary N) is 1. The summed E-state index contributed by atoms with van der Waals surface area (Å²) in [6, 6.07) is 19.1. The van der Waals surface area contributed by atoms with Crippen LogP contribution in [0.3, 0.4) is 0 Å². The largest absolute Gasteiger partial charge is 0.379 e. The van der Waals surface area contributed by atoms with Crippen LogP contribution < -0.4 is 5.32 Å². The van der Waals surface area contributed by atoms with Crippen molar-refractivity contribution >= 4 is 17.7 Å². The van der Waals surface area contributed by atoms with Crippen LogP contribution in [0, 0.1) is 6.92 Å². The molecule has 28 heavy (non-hydrogen) atoms. The fourth-order valence-electron chi connectivity index (χ4n) is 3.44. The average molecular weight is 399 g/mol. The van der Waals surface area contributed by atoms with Crippen LogP contribution in [0.25, 0.3) is 0 Å². The Balaban J connectivity index is 1.58. The second-order valence-corrected chi connectivity index (χ2v) is 8.59. The van der Waals surface area contributed by atoms with E-state index in [1.165, 1.54) is 16.7 Å². The van der Waals surface area contributed by atoms with Crippen LogP contribution in [-0.2, 0) is 15.3 Å². The third-order valence-corrected chi connectivity index (χ3v) is 6.31. The number of morpholine rings is 1. The Morgan fingerprint density at radius 1 is 1.14 bits per heavy atom. The molecule has 0 spiro atoms. The summed E-state index contributed by atoms with van der Waals surface area (Å²) in [5.74, 6) is 0.951. The van der Waals surface area contributed by atoms with E-state index < -0.39 is 0 Å². The summed E-state index contributed by atoms with van der Waals surface area (Å²) in [4.78, 5) is 15.1. The minimum Gasteiger partial charge on any atom is -0.379 e. The van der Waals surface area contributed by atoms with Crippen LogP contribution in [0.5, 0.6) is 0 Å². The second kappa shape index (κ2) is 10.6. The van der Waals surface area contributed by atoms with Crippen LogP contribution in [-0.4, -0.2) is 48.9 Å². The molecule has 4 nitrogen and oxygen atoms in total. The number of benzene rings is 2. The van der Waals surface area contributed by atoms with Gasteiger partial charge in [0.15, 0.2) is 0 Å². The smallest absolute Gasteiger partial charge is 0.232 e. The summed E-state index contributed by atoms with van der Waals surface area (Å²) >= 11 is 1.68. The number of nitrogens with zero attached hydrogens (tertiary/aromatic N) is 1. The fourth-order valence-corrected chi connectivity index (χ4v) is 4.31. The van der Waals surface area contributed by atoms with Crippen molar-refractivity contribution in [2.24, 2.45) is 0 Å². The van der Waals surface area contributed by atoms with Crippen molar-refractivity contribution in [1.82, 2.24) is 10.2 Å². The Hall–Kier alpha value is -1.82. The van der Waals surface area contributed by atoms with Gasteiger partial charge in [0.1, 0.15) is 0 Å². The number of aryl methyl sites for hydroxylation is 1. The van der Waals surface area contributed by atoms with E-state index in [0.717, 1.165) is 32.1 Å². The number of hydrogen-bond acceptors (Lipinski definition) is 4. The first-order valence-corrected chi connectivity index (χ1v) is 11.0. The lowest BCUT2D eigenvalue weighted by Gasteiger charge is -2.35. The Kier molecular flexibility index (Phi) is 7.95. The zero-order chi connectivity index (χ0) is 19.8. The highest BCUT2D eigenvalue weighted by Crippen LogP contribution is 2.23. The molecule has 1 aliphatic rings. The van der Waals surface area contributed by atoms with Crippen molar-refractivity contribution in [3.63, 3.8) is 0 Å². The minimum absolute atomic E-state index is 0.0805. The first kappa shape index (κ1) is 20.9. The van der Waals surface area contributed by atoms with E-state index in [2.05, 4.69) is 53.5 Å². The van der Waals surface area contributed by atoms with E-state index >= 15 is 0 Å². The maximum Gasteiger partial charge on any atom is 0.232 e. The molecule has 0 aromatic heterocycles. The molecule has 5 heteroatoms. The zero-order valence-electron chi connectivity index (χ0n) is 16.8. The Bertz CT molecular complexity index is 747. The molecule has 150 valence electrons. The molecule has 1 heterocycles. The first-order valence-electron chi connectivity index (χ1n) is 9.95. The lowest BCUT2D eigenvalue weighted by atomic mass is 10.0. The summed E-state index contributed by atoms with van der Waals surface area (Å²) in [5.41, 5.74) is 3.75. The number of ether oxygens (including phenoxy) is 1. The monoisotopic (exact) mass is 398 g/mol. The summed E-state index contributed by atoms with van der Waals surface area (Å²) < 4.78 is 5.51. The number of thioether (sulfide) groups is 1. The highest BCUT2D eigenvalue weighted by Gasteiger charge is 2.24. The molecule has 3 rings (SSSR count). The highest BCUT2D eigenvalue weighted by molar-refractivity contribution is 7.99. The molecule has 0 radical (unpaired) electrons. The predicted octanol–water partition coefficient (Wildman–Crippen LogP) is 3.81. The molecule has 0 aliphatic carbocycles. The Morgan fingerprint density at radius 3 is 2.61 bits per heavy atom. The van der Waals surface area contributed by atoms with Crippen LogP contribution in [0.4, 0.5) is 0 Å². The summed E-state index contributed by atoms with van der Waals surface area (Å²) in [7, 11) is 0. The quantitative estimate of drug-likeness (QED) is 0.734. The van der Waals surface area contributed by atoms with Gasteiger partial charge in [-0.2, -0.15) is 0 Å². The first-order chi connectivity index (χ1) is 13.6. The normalized spacial score (nSPS) is 17.1. The van der Waals surface area contributed by atoms with Gasteiger partial charge in [-0.05, 0) is 25.0 Å². The molecule has 1 aliphatic heterocycles. The number of carbonyl (C=O) groups is 1. The molecule has 2 atom stereocenters. The molecule has 1 saturated heterocycles. The van der Waals surface area contributed by atoms with Gasteiger partial charge < -0.3 is 10.1 Å². The van der Waals surface area contributed by atoms with Crippen molar-refractivity contribution in [2.75, 3.05) is 32.8 Å². The van der Waals surface area contributed by atoms with Crippen LogP contribution in [0.1, 0.15) is 29.7 Å². The standard InChI is InChI=1S/C23H30N2O2S/c1-18-7-6-10-21(15-18)22(25-11-13-27-14-12-25)16-24-23(26)19(2)28-17-20-8-4-3-5-9-20/h3-10,15,19,22H,11-14,16-17H2,1-2H3,(H,24,26)/t19-,22+/m0/s1. The van der Waals surface area contributed by atoms with Crippen molar-refractivity contribution < 1.29 is 9.53 Å². The Morgan fingerprint density at radius 2 is 1.89 bits per heavy atom. The highest BCUT2D eigenvalue weighted by atomic mass is 32.2. The zero-order valence-corrected chi connectivity index (χ0v) is 17.6. The average Bonchev–Trinajstić information content (AvgIpc) is 2.73. The molecule has 1 fully saturated rings. The molecular weight excluding hydrogens is 368 g/mol. The van der Waals surface area contributed by atoms with Crippen LogP contribution in [0.15, 0.2) is 54.6 Å². The lowest BCUT2D eigenvalue weighted by Crippen LogP contribution is -2.44. The summed E-state index contributed by atoms with van der Waals surface area (Å²) in [5, 5.41) is 3.11. The van der Waals surface area contributed by atoms with E-state index in [1.807, 2.05) is 25.1 Å². The van der Waals surface area contributed by atoms with E-state index in [1.54, 1.807) is 11.8 Å². The number of hydrogen-bond donors (Lipinski definition) is 1. The molecule has 2 aromatic carbocycles. The maximum atomic E-state index is 12.7. The molecule has 0 bridgehead atoms. The molecule has 1 N–H and O–H groups in total. The van der Waals surface area contributed by atoms with Gasteiger partial charge in [-0.1, -0.05) is 60.2 Å². The second-order valence-electron chi connectivity index (χ2n) is 7.26. The number of rotatable bonds is 8. The van der Waals surface area contributed by atoms with Gasteiger partial charge in [-0.3, -0.25) is 9.69 Å². The van der Waals surface area contributed by atoms with Crippen LogP contribution in [0.2, 0.25) is 0 Å². The van der Waals surface area contributed by atoms with Crippen molar-refractivity contribution in [3.8, 4) is 0 Å². The number of carbonyl (C=O) groups excluding carboxylic acids is 1. The van der Waals surface area contributed by atoms with E-state index in [0.29, 0.717) is 6.54 Å². The van der Waals surface area contributed by atoms with Crippen molar-refractivity contribution in [3.05, 3.63) is 71.3 Å². The van der Waals surface area contributed by atoms with Gasteiger partial charge in [0.05, 0.1) is 24.5 Å².